The highest BCUT2D eigenvalue weighted by molar-refractivity contribution is 7.12. The quantitative estimate of drug-likeness (QED) is 0.538. The number of carbonyl (C=O) groups is 3. The van der Waals surface area contributed by atoms with Gasteiger partial charge in [0.25, 0.3) is 11.8 Å². The molecule has 1 heterocycles. The van der Waals surface area contributed by atoms with Crippen molar-refractivity contribution < 1.29 is 19.1 Å². The third-order valence-electron chi connectivity index (χ3n) is 4.42. The summed E-state index contributed by atoms with van der Waals surface area (Å²) in [7, 11) is 0. The minimum atomic E-state index is -1.01. The van der Waals surface area contributed by atoms with Gasteiger partial charge in [-0.05, 0) is 54.6 Å². The first-order chi connectivity index (χ1) is 14.5. The lowest BCUT2D eigenvalue weighted by Crippen LogP contribution is -2.30. The molecular weight excluding hydrogens is 400 g/mol. The molecule has 0 aliphatic rings. The van der Waals surface area contributed by atoms with Crippen molar-refractivity contribution in [3.63, 3.8) is 0 Å². The second-order valence-electron chi connectivity index (χ2n) is 6.56. The Morgan fingerprint density at radius 1 is 0.967 bits per heavy atom. The first kappa shape index (κ1) is 21.3. The fourth-order valence-electron chi connectivity index (χ4n) is 2.71. The van der Waals surface area contributed by atoms with E-state index in [1.54, 1.807) is 53.9 Å². The number of rotatable bonds is 7. The summed E-state index contributed by atoms with van der Waals surface area (Å²) in [5, 5.41) is 7.24. The number of ether oxygens (including phenoxy) is 1. The number of esters is 1. The van der Waals surface area contributed by atoms with Gasteiger partial charge < -0.3 is 15.4 Å². The van der Waals surface area contributed by atoms with Crippen molar-refractivity contribution in [3.8, 4) is 0 Å². The van der Waals surface area contributed by atoms with E-state index in [2.05, 4.69) is 17.6 Å². The van der Waals surface area contributed by atoms with Crippen LogP contribution in [-0.2, 0) is 16.0 Å². The van der Waals surface area contributed by atoms with Gasteiger partial charge in [0.05, 0.1) is 16.1 Å². The number of hydrogen-bond donors (Lipinski definition) is 2. The molecule has 0 fully saturated rings. The zero-order valence-corrected chi connectivity index (χ0v) is 17.5. The van der Waals surface area contributed by atoms with E-state index in [-0.39, 0.29) is 11.5 Å². The van der Waals surface area contributed by atoms with Crippen molar-refractivity contribution in [2.45, 2.75) is 26.4 Å². The second-order valence-corrected chi connectivity index (χ2v) is 7.51. The molecule has 6 nitrogen and oxygen atoms in total. The molecule has 1 unspecified atom stereocenters. The Morgan fingerprint density at radius 3 is 2.37 bits per heavy atom. The van der Waals surface area contributed by atoms with Crippen LogP contribution in [0.2, 0.25) is 0 Å². The summed E-state index contributed by atoms with van der Waals surface area (Å²) in [6, 6.07) is 17.5. The Hall–Kier alpha value is -3.45. The largest absolute Gasteiger partial charge is 0.449 e. The van der Waals surface area contributed by atoms with Crippen molar-refractivity contribution >= 4 is 40.5 Å². The summed E-state index contributed by atoms with van der Waals surface area (Å²) in [5.74, 6) is -1.44. The molecule has 0 saturated heterocycles. The predicted octanol–water partition coefficient (Wildman–Crippen LogP) is 4.75. The summed E-state index contributed by atoms with van der Waals surface area (Å²) < 4.78 is 5.33. The number of para-hydroxylation sites is 1. The summed E-state index contributed by atoms with van der Waals surface area (Å²) in [6.45, 7) is 3.55. The molecule has 0 aliphatic heterocycles. The Bertz CT molecular complexity index is 1030. The van der Waals surface area contributed by atoms with Crippen LogP contribution in [0.4, 0.5) is 11.4 Å². The summed E-state index contributed by atoms with van der Waals surface area (Å²) >= 11 is 1.30. The second kappa shape index (κ2) is 9.84. The third kappa shape index (κ3) is 5.33. The number of benzene rings is 2. The maximum atomic E-state index is 12.6. The van der Waals surface area contributed by atoms with Crippen LogP contribution in [0.5, 0.6) is 0 Å². The van der Waals surface area contributed by atoms with E-state index >= 15 is 0 Å². The molecule has 0 saturated carbocycles. The van der Waals surface area contributed by atoms with Gasteiger partial charge in [-0.3, -0.25) is 9.59 Å². The number of hydrogen-bond acceptors (Lipinski definition) is 5. The van der Waals surface area contributed by atoms with Gasteiger partial charge >= 0.3 is 5.97 Å². The Balaban J connectivity index is 1.64. The SMILES string of the molecule is CCc1ccc(NC(=O)C(C)OC(=O)c2ccccc2NC(=O)c2cccs2)cc1. The molecule has 0 spiro atoms. The minimum Gasteiger partial charge on any atom is -0.449 e. The molecule has 1 aromatic heterocycles. The van der Waals surface area contributed by atoms with Gasteiger partial charge in [0.15, 0.2) is 6.10 Å². The topological polar surface area (TPSA) is 84.5 Å². The highest BCUT2D eigenvalue weighted by Crippen LogP contribution is 2.20. The first-order valence-corrected chi connectivity index (χ1v) is 10.4. The molecule has 0 aliphatic carbocycles. The number of nitrogens with one attached hydrogen (secondary N) is 2. The summed E-state index contributed by atoms with van der Waals surface area (Å²) in [5.41, 5.74) is 2.29. The van der Waals surface area contributed by atoms with Crippen LogP contribution < -0.4 is 10.6 Å². The van der Waals surface area contributed by atoms with Crippen LogP contribution in [0, 0.1) is 0 Å². The monoisotopic (exact) mass is 422 g/mol. The van der Waals surface area contributed by atoms with E-state index < -0.39 is 18.0 Å². The molecular formula is C23H22N2O4S. The minimum absolute atomic E-state index is 0.175. The van der Waals surface area contributed by atoms with E-state index in [0.717, 1.165) is 12.0 Å². The van der Waals surface area contributed by atoms with Crippen molar-refractivity contribution in [2.75, 3.05) is 10.6 Å². The predicted molar refractivity (Wildman–Crippen MR) is 118 cm³/mol. The molecule has 3 rings (SSSR count). The average Bonchev–Trinajstić information content (AvgIpc) is 3.29. The Labute approximate surface area is 178 Å². The highest BCUT2D eigenvalue weighted by Gasteiger charge is 2.22. The van der Waals surface area contributed by atoms with E-state index in [4.69, 9.17) is 4.74 Å². The molecule has 154 valence electrons. The van der Waals surface area contributed by atoms with Crippen LogP contribution >= 0.6 is 11.3 Å². The maximum Gasteiger partial charge on any atom is 0.341 e. The molecule has 0 radical (unpaired) electrons. The molecule has 1 atom stereocenters. The molecule has 2 N–H and O–H groups in total. The van der Waals surface area contributed by atoms with E-state index in [9.17, 15) is 14.4 Å². The highest BCUT2D eigenvalue weighted by atomic mass is 32.1. The number of amides is 2. The number of carbonyl (C=O) groups excluding carboxylic acids is 3. The smallest absolute Gasteiger partial charge is 0.341 e. The number of aryl methyl sites for hydroxylation is 1. The van der Waals surface area contributed by atoms with Gasteiger partial charge in [0.1, 0.15) is 0 Å². The number of thiophene rings is 1. The summed E-state index contributed by atoms with van der Waals surface area (Å²) in [6.07, 6.45) is -0.102. The molecule has 30 heavy (non-hydrogen) atoms. The summed E-state index contributed by atoms with van der Waals surface area (Å²) in [4.78, 5) is 37.9. The van der Waals surface area contributed by atoms with Gasteiger partial charge in [-0.2, -0.15) is 0 Å². The zero-order chi connectivity index (χ0) is 21.5. The maximum absolute atomic E-state index is 12.6. The number of anilines is 2. The third-order valence-corrected chi connectivity index (χ3v) is 5.29. The van der Waals surface area contributed by atoms with E-state index in [0.29, 0.717) is 16.3 Å². The van der Waals surface area contributed by atoms with Gasteiger partial charge in [0.2, 0.25) is 0 Å². The molecule has 2 aromatic carbocycles. The van der Waals surface area contributed by atoms with Crippen molar-refractivity contribution in [1.29, 1.82) is 0 Å². The van der Waals surface area contributed by atoms with Crippen LogP contribution in [-0.4, -0.2) is 23.9 Å². The lowest BCUT2D eigenvalue weighted by molar-refractivity contribution is -0.123. The molecule has 3 aromatic rings. The van der Waals surface area contributed by atoms with Crippen LogP contribution in [0.15, 0.2) is 66.0 Å². The zero-order valence-electron chi connectivity index (χ0n) is 16.7. The Morgan fingerprint density at radius 2 is 1.70 bits per heavy atom. The van der Waals surface area contributed by atoms with E-state index in [1.165, 1.54) is 18.3 Å². The first-order valence-electron chi connectivity index (χ1n) is 9.52. The van der Waals surface area contributed by atoms with Crippen LogP contribution in [0.3, 0.4) is 0 Å². The molecule has 0 bridgehead atoms. The van der Waals surface area contributed by atoms with Gasteiger partial charge in [-0.15, -0.1) is 11.3 Å². The average molecular weight is 423 g/mol. The van der Waals surface area contributed by atoms with Gasteiger partial charge in [-0.1, -0.05) is 37.3 Å². The lowest BCUT2D eigenvalue weighted by Gasteiger charge is -2.15. The molecule has 2 amide bonds. The standard InChI is InChI=1S/C23H22N2O4S/c1-3-16-10-12-17(13-11-16)24-21(26)15(2)29-23(28)18-7-4-5-8-19(18)25-22(27)20-9-6-14-30-20/h4-15H,3H2,1-2H3,(H,24,26)(H,25,27). The molecule has 7 heteroatoms. The fraction of sp³-hybridized carbons (Fsp3) is 0.174. The van der Waals surface area contributed by atoms with Gasteiger partial charge in [0, 0.05) is 5.69 Å². The van der Waals surface area contributed by atoms with Crippen molar-refractivity contribution in [3.05, 3.63) is 82.0 Å². The Kier molecular flexibility index (Phi) is 6.98. The van der Waals surface area contributed by atoms with Crippen LogP contribution in [0.1, 0.15) is 39.4 Å². The van der Waals surface area contributed by atoms with Crippen molar-refractivity contribution in [2.24, 2.45) is 0 Å². The van der Waals surface area contributed by atoms with Gasteiger partial charge in [-0.25, -0.2) is 4.79 Å². The van der Waals surface area contributed by atoms with Crippen molar-refractivity contribution in [1.82, 2.24) is 0 Å². The normalized spacial score (nSPS) is 11.4. The van der Waals surface area contributed by atoms with Crippen LogP contribution in [0.25, 0.3) is 0 Å². The van der Waals surface area contributed by atoms with E-state index in [1.807, 2.05) is 12.1 Å². The fourth-order valence-corrected chi connectivity index (χ4v) is 3.33. The lowest BCUT2D eigenvalue weighted by atomic mass is 10.1.